The Labute approximate surface area is 167 Å². The van der Waals surface area contributed by atoms with Crippen LogP contribution in [0.25, 0.3) is 0 Å². The molecule has 4 unspecified atom stereocenters. The van der Waals surface area contributed by atoms with E-state index in [0.717, 1.165) is 38.5 Å². The fourth-order valence-corrected chi connectivity index (χ4v) is 5.31. The Bertz CT molecular complexity index is 757. The number of nitriles is 3. The first-order valence-corrected chi connectivity index (χ1v) is 10.4. The van der Waals surface area contributed by atoms with E-state index in [1.807, 2.05) is 0 Å². The van der Waals surface area contributed by atoms with Gasteiger partial charge in [-0.05, 0) is 19.8 Å². The molecule has 1 aliphatic carbocycles. The second-order valence-corrected chi connectivity index (χ2v) is 8.18. The zero-order valence-corrected chi connectivity index (χ0v) is 16.5. The van der Waals surface area contributed by atoms with Crippen molar-refractivity contribution in [2.45, 2.75) is 83.0 Å². The van der Waals surface area contributed by atoms with E-state index in [2.05, 4.69) is 18.2 Å². The number of allylic oxidation sites excluding steroid dienone is 1. The zero-order valence-electron chi connectivity index (χ0n) is 16.5. The van der Waals surface area contributed by atoms with Gasteiger partial charge in [0.1, 0.15) is 6.10 Å². The number of rotatable bonds is 1. The molecular weight excluding hydrogens is 352 g/mol. The first-order valence-electron chi connectivity index (χ1n) is 10.4. The minimum Gasteiger partial charge on any atom is -0.447 e. The molecule has 0 aromatic heterocycles. The van der Waals surface area contributed by atoms with E-state index >= 15 is 0 Å². The molecule has 1 N–H and O–H groups in total. The summed E-state index contributed by atoms with van der Waals surface area (Å²) in [5.41, 5.74) is -3.41. The van der Waals surface area contributed by atoms with Crippen LogP contribution in [-0.4, -0.2) is 17.8 Å². The first-order chi connectivity index (χ1) is 13.6. The molecule has 6 nitrogen and oxygen atoms in total. The van der Waals surface area contributed by atoms with Crippen LogP contribution in [0.1, 0.15) is 71.1 Å². The van der Waals surface area contributed by atoms with Crippen molar-refractivity contribution in [1.82, 2.24) is 0 Å². The predicted molar refractivity (Wildman–Crippen MR) is 103 cm³/mol. The topological polar surface area (TPSA) is 114 Å². The van der Waals surface area contributed by atoms with Gasteiger partial charge in [-0.3, -0.25) is 5.41 Å². The molecule has 0 aromatic rings. The van der Waals surface area contributed by atoms with Gasteiger partial charge in [-0.15, -0.1) is 0 Å². The third-order valence-electron chi connectivity index (χ3n) is 6.73. The van der Waals surface area contributed by atoms with Crippen molar-refractivity contribution < 1.29 is 9.47 Å². The largest absolute Gasteiger partial charge is 0.447 e. The fourth-order valence-electron chi connectivity index (χ4n) is 5.31. The number of nitrogens with zero attached hydrogens (tertiary/aromatic N) is 3. The summed E-state index contributed by atoms with van der Waals surface area (Å²) >= 11 is 0. The average Bonchev–Trinajstić information content (AvgIpc) is 2.87. The van der Waals surface area contributed by atoms with Crippen LogP contribution in [0.4, 0.5) is 0 Å². The van der Waals surface area contributed by atoms with Crippen LogP contribution in [0.5, 0.6) is 0 Å². The summed E-state index contributed by atoms with van der Waals surface area (Å²) in [7, 11) is 0. The second-order valence-electron chi connectivity index (χ2n) is 8.18. The predicted octanol–water partition coefficient (Wildman–Crippen LogP) is 4.74. The van der Waals surface area contributed by atoms with Gasteiger partial charge in [0.15, 0.2) is 5.41 Å². The molecule has 0 aromatic carbocycles. The van der Waals surface area contributed by atoms with Crippen molar-refractivity contribution in [3.8, 4) is 18.2 Å². The molecule has 3 fully saturated rings. The number of hydrogen-bond donors (Lipinski definition) is 1. The lowest BCUT2D eigenvalue weighted by molar-refractivity contribution is -0.273. The van der Waals surface area contributed by atoms with Crippen LogP contribution in [0.3, 0.4) is 0 Å². The molecule has 28 heavy (non-hydrogen) atoms. The Morgan fingerprint density at radius 2 is 1.57 bits per heavy atom. The molecule has 148 valence electrons. The SMILES string of the molecule is CC=CC1OC23CCCCCCCCCCC2C(C#N)(C(=N)O3)C1(C#N)C#N. The molecule has 2 bridgehead atoms. The Kier molecular flexibility index (Phi) is 5.78. The van der Waals surface area contributed by atoms with E-state index in [4.69, 9.17) is 14.9 Å². The van der Waals surface area contributed by atoms with Crippen molar-refractivity contribution in [2.75, 3.05) is 0 Å². The van der Waals surface area contributed by atoms with E-state index < -0.39 is 28.6 Å². The van der Waals surface area contributed by atoms with Gasteiger partial charge in [0.2, 0.25) is 17.1 Å². The zero-order chi connectivity index (χ0) is 20.3. The van der Waals surface area contributed by atoms with E-state index in [1.54, 1.807) is 19.1 Å². The van der Waals surface area contributed by atoms with Crippen molar-refractivity contribution in [3.05, 3.63) is 12.2 Å². The van der Waals surface area contributed by atoms with Gasteiger partial charge in [-0.1, -0.05) is 57.1 Å². The van der Waals surface area contributed by atoms with Crippen LogP contribution in [-0.2, 0) is 9.47 Å². The Morgan fingerprint density at radius 3 is 2.14 bits per heavy atom. The molecule has 2 aliphatic heterocycles. The molecular formula is C22H28N4O2. The van der Waals surface area contributed by atoms with Gasteiger partial charge in [0.25, 0.3) is 0 Å². The van der Waals surface area contributed by atoms with Crippen LogP contribution in [0.2, 0.25) is 0 Å². The van der Waals surface area contributed by atoms with Crippen LogP contribution in [0.15, 0.2) is 12.2 Å². The lowest BCUT2D eigenvalue weighted by Crippen LogP contribution is -2.62. The summed E-state index contributed by atoms with van der Waals surface area (Å²) in [6.45, 7) is 1.79. The average molecular weight is 380 g/mol. The first kappa shape index (κ1) is 20.4. The molecule has 4 atom stereocenters. The maximum absolute atomic E-state index is 10.3. The fraction of sp³-hybridized carbons (Fsp3) is 0.727. The van der Waals surface area contributed by atoms with E-state index in [0.29, 0.717) is 12.8 Å². The molecule has 1 saturated carbocycles. The number of hydrogen-bond acceptors (Lipinski definition) is 6. The molecule has 3 rings (SSSR count). The summed E-state index contributed by atoms with van der Waals surface area (Å²) in [5, 5.41) is 39.0. The van der Waals surface area contributed by atoms with Crippen molar-refractivity contribution >= 4 is 5.90 Å². The minimum atomic E-state index is -1.80. The summed E-state index contributed by atoms with van der Waals surface area (Å²) in [4.78, 5) is 0. The molecule has 3 aliphatic rings. The highest BCUT2D eigenvalue weighted by Gasteiger charge is 2.79. The van der Waals surface area contributed by atoms with E-state index in [9.17, 15) is 15.8 Å². The van der Waals surface area contributed by atoms with E-state index in [1.165, 1.54) is 12.8 Å². The maximum atomic E-state index is 10.3. The van der Waals surface area contributed by atoms with Crippen LogP contribution >= 0.6 is 0 Å². The van der Waals surface area contributed by atoms with Crippen LogP contribution < -0.4 is 0 Å². The highest BCUT2D eigenvalue weighted by molar-refractivity contribution is 5.89. The third kappa shape index (κ3) is 2.73. The second kappa shape index (κ2) is 7.94. The minimum absolute atomic E-state index is 0.273. The van der Waals surface area contributed by atoms with Crippen LogP contribution in [0, 0.1) is 56.2 Å². The Morgan fingerprint density at radius 1 is 0.964 bits per heavy atom. The normalized spacial score (nSPS) is 38.0. The van der Waals surface area contributed by atoms with Crippen molar-refractivity contribution in [3.63, 3.8) is 0 Å². The quantitative estimate of drug-likeness (QED) is 0.660. The van der Waals surface area contributed by atoms with E-state index in [-0.39, 0.29) is 5.90 Å². The summed E-state index contributed by atoms with van der Waals surface area (Å²) in [5.74, 6) is -1.87. The maximum Gasteiger partial charge on any atom is 0.217 e. The number of nitrogens with one attached hydrogen (secondary N) is 1. The lowest BCUT2D eigenvalue weighted by atomic mass is 9.53. The molecule has 2 heterocycles. The third-order valence-corrected chi connectivity index (χ3v) is 6.73. The molecule has 2 saturated heterocycles. The molecule has 0 radical (unpaired) electrons. The number of ether oxygens (including phenoxy) is 2. The smallest absolute Gasteiger partial charge is 0.217 e. The van der Waals surface area contributed by atoms with Gasteiger partial charge >= 0.3 is 0 Å². The van der Waals surface area contributed by atoms with Gasteiger partial charge in [-0.25, -0.2) is 0 Å². The molecule has 0 amide bonds. The lowest BCUT2D eigenvalue weighted by Gasteiger charge is -2.49. The molecule has 0 spiro atoms. The summed E-state index contributed by atoms with van der Waals surface area (Å²) < 4.78 is 12.4. The summed E-state index contributed by atoms with van der Waals surface area (Å²) in [6, 6.07) is 6.41. The van der Waals surface area contributed by atoms with Gasteiger partial charge in [0.05, 0.1) is 24.1 Å². The van der Waals surface area contributed by atoms with Crippen molar-refractivity contribution in [1.29, 1.82) is 21.2 Å². The standard InChI is InChI=1S/C22H28N4O2/c1-2-11-18-20(14-23,15-24)21(16-25)17-12-9-7-5-3-4-6-8-10-13-22(17,27-18)28-19(21)26/h2,11,17-18,26H,3-10,12-13H2,1H3. The van der Waals surface area contributed by atoms with Crippen molar-refractivity contribution in [2.24, 2.45) is 16.7 Å². The van der Waals surface area contributed by atoms with Gasteiger partial charge < -0.3 is 9.47 Å². The molecule has 6 heteroatoms. The highest BCUT2D eigenvalue weighted by Crippen LogP contribution is 2.65. The monoisotopic (exact) mass is 380 g/mol. The highest BCUT2D eigenvalue weighted by atomic mass is 16.7. The Balaban J connectivity index is 2.14. The Hall–Kier alpha value is -2.36. The van der Waals surface area contributed by atoms with Gasteiger partial charge in [0, 0.05) is 6.42 Å². The summed E-state index contributed by atoms with van der Waals surface area (Å²) in [6.07, 6.45) is 12.2. The van der Waals surface area contributed by atoms with Gasteiger partial charge in [-0.2, -0.15) is 15.8 Å².